The molecule has 0 spiro atoms. The lowest BCUT2D eigenvalue weighted by Crippen LogP contribution is -2.45. The minimum Gasteiger partial charge on any atom is -0.486 e. The maximum atomic E-state index is 12.2. The Morgan fingerprint density at radius 2 is 2.39 bits per heavy atom. The third-order valence-electron chi connectivity index (χ3n) is 3.62. The fourth-order valence-corrected chi connectivity index (χ4v) is 2.47. The van der Waals surface area contributed by atoms with Crippen molar-refractivity contribution in [2.75, 3.05) is 6.54 Å². The summed E-state index contributed by atoms with van der Waals surface area (Å²) in [6.07, 6.45) is 4.01. The molecule has 2 aromatic rings. The molecule has 1 aliphatic heterocycles. The van der Waals surface area contributed by atoms with Crippen molar-refractivity contribution in [1.82, 2.24) is 20.4 Å². The number of pyridine rings is 1. The molecule has 2 aromatic heterocycles. The average Bonchev–Trinajstić information content (AvgIpc) is 2.95. The van der Waals surface area contributed by atoms with E-state index in [1.807, 2.05) is 26.0 Å². The van der Waals surface area contributed by atoms with E-state index in [1.165, 1.54) is 0 Å². The Balaban J connectivity index is 1.67. The zero-order valence-corrected chi connectivity index (χ0v) is 13.3. The number of carbonyl (C=O) groups is 1. The number of hydrogen-bond acceptors (Lipinski definition) is 5. The number of hydrogen-bond donors (Lipinski definition) is 1. The summed E-state index contributed by atoms with van der Waals surface area (Å²) < 4.78 is 11.1. The van der Waals surface area contributed by atoms with Crippen molar-refractivity contribution in [1.29, 1.82) is 0 Å². The van der Waals surface area contributed by atoms with Crippen LogP contribution >= 0.6 is 0 Å². The topological polar surface area (TPSA) is 80.5 Å². The van der Waals surface area contributed by atoms with Gasteiger partial charge in [-0.2, -0.15) is 0 Å². The molecule has 0 bridgehead atoms. The summed E-state index contributed by atoms with van der Waals surface area (Å²) in [4.78, 5) is 17.9. The Labute approximate surface area is 134 Å². The lowest BCUT2D eigenvalue weighted by atomic mass is 10.1. The normalized spacial score (nSPS) is 13.8. The van der Waals surface area contributed by atoms with E-state index in [0.717, 1.165) is 17.0 Å². The molecular formula is C16H20N4O3. The monoisotopic (exact) mass is 316 g/mol. The van der Waals surface area contributed by atoms with Gasteiger partial charge in [0.05, 0.1) is 12.7 Å². The first kappa shape index (κ1) is 15.3. The molecule has 7 heteroatoms. The minimum atomic E-state index is -0.0639. The minimum absolute atomic E-state index is 0.0639. The van der Waals surface area contributed by atoms with E-state index < -0.39 is 0 Å². The van der Waals surface area contributed by atoms with Gasteiger partial charge >= 0.3 is 6.03 Å². The van der Waals surface area contributed by atoms with Gasteiger partial charge in [-0.1, -0.05) is 5.16 Å². The number of nitrogens with zero attached hydrogens (tertiary/aromatic N) is 3. The van der Waals surface area contributed by atoms with Gasteiger partial charge in [0.1, 0.15) is 23.8 Å². The second-order valence-electron chi connectivity index (χ2n) is 5.78. The highest BCUT2D eigenvalue weighted by Crippen LogP contribution is 2.23. The SMILES string of the molecule is CC(C)NC(=O)N1CCc2onc(COc3cccnc3)c2C1. The van der Waals surface area contributed by atoms with Crippen LogP contribution in [-0.4, -0.2) is 33.7 Å². The van der Waals surface area contributed by atoms with Crippen molar-refractivity contribution in [2.24, 2.45) is 0 Å². The molecule has 7 nitrogen and oxygen atoms in total. The summed E-state index contributed by atoms with van der Waals surface area (Å²) >= 11 is 0. The van der Waals surface area contributed by atoms with Gasteiger partial charge in [0, 0.05) is 30.8 Å². The predicted molar refractivity (Wildman–Crippen MR) is 82.9 cm³/mol. The van der Waals surface area contributed by atoms with E-state index in [1.54, 1.807) is 17.3 Å². The fraction of sp³-hybridized carbons (Fsp3) is 0.438. The molecule has 0 aromatic carbocycles. The Kier molecular flexibility index (Phi) is 4.45. The van der Waals surface area contributed by atoms with Crippen LogP contribution in [0, 0.1) is 0 Å². The summed E-state index contributed by atoms with van der Waals surface area (Å²) in [6.45, 7) is 5.30. The van der Waals surface area contributed by atoms with Crippen LogP contribution < -0.4 is 10.1 Å². The molecule has 0 saturated heterocycles. The number of carbonyl (C=O) groups excluding carboxylic acids is 1. The van der Waals surface area contributed by atoms with Crippen LogP contribution in [0.15, 0.2) is 29.0 Å². The van der Waals surface area contributed by atoms with Crippen molar-refractivity contribution in [3.05, 3.63) is 41.5 Å². The van der Waals surface area contributed by atoms with Gasteiger partial charge in [-0.25, -0.2) is 4.79 Å². The molecule has 0 aliphatic carbocycles. The van der Waals surface area contributed by atoms with Gasteiger partial charge in [-0.15, -0.1) is 0 Å². The molecule has 3 heterocycles. The number of aromatic nitrogens is 2. The summed E-state index contributed by atoms with van der Waals surface area (Å²) in [5.74, 6) is 1.51. The van der Waals surface area contributed by atoms with Crippen molar-refractivity contribution in [3.63, 3.8) is 0 Å². The van der Waals surface area contributed by atoms with Crippen molar-refractivity contribution in [2.45, 2.75) is 39.5 Å². The maximum Gasteiger partial charge on any atom is 0.317 e. The van der Waals surface area contributed by atoms with Gasteiger partial charge in [0.2, 0.25) is 0 Å². The Hall–Kier alpha value is -2.57. The smallest absolute Gasteiger partial charge is 0.317 e. The van der Waals surface area contributed by atoms with Crippen molar-refractivity contribution in [3.8, 4) is 5.75 Å². The molecule has 23 heavy (non-hydrogen) atoms. The third-order valence-corrected chi connectivity index (χ3v) is 3.62. The number of amides is 2. The molecule has 0 radical (unpaired) electrons. The van der Waals surface area contributed by atoms with Crippen LogP contribution in [0.1, 0.15) is 30.9 Å². The lowest BCUT2D eigenvalue weighted by molar-refractivity contribution is 0.186. The standard InChI is InChI=1S/C16H20N4O3/c1-11(2)18-16(21)20-7-5-15-13(9-20)14(19-23-15)10-22-12-4-3-6-17-8-12/h3-4,6,8,11H,5,7,9-10H2,1-2H3,(H,18,21). The number of nitrogens with one attached hydrogen (secondary N) is 1. The molecule has 1 N–H and O–H groups in total. The van der Waals surface area contributed by atoms with Gasteiger partial charge < -0.3 is 19.5 Å². The van der Waals surface area contributed by atoms with Crippen molar-refractivity contribution >= 4 is 6.03 Å². The third kappa shape index (κ3) is 3.61. The van der Waals surface area contributed by atoms with Crippen molar-refractivity contribution < 1.29 is 14.1 Å². The van der Waals surface area contributed by atoms with E-state index in [-0.39, 0.29) is 12.1 Å². The number of rotatable bonds is 4. The Morgan fingerprint density at radius 1 is 1.52 bits per heavy atom. The summed E-state index contributed by atoms with van der Waals surface area (Å²) in [7, 11) is 0. The highest BCUT2D eigenvalue weighted by molar-refractivity contribution is 5.74. The van der Waals surface area contributed by atoms with E-state index in [0.29, 0.717) is 31.9 Å². The number of ether oxygens (including phenoxy) is 1. The van der Waals surface area contributed by atoms with Crippen LogP contribution in [-0.2, 0) is 19.6 Å². The van der Waals surface area contributed by atoms with Crippen LogP contribution in [0.5, 0.6) is 5.75 Å². The predicted octanol–water partition coefficient (Wildman–Crippen LogP) is 2.12. The largest absolute Gasteiger partial charge is 0.486 e. The first-order valence-corrected chi connectivity index (χ1v) is 7.68. The van der Waals surface area contributed by atoms with E-state index in [4.69, 9.17) is 9.26 Å². The molecule has 0 fully saturated rings. The van der Waals surface area contributed by atoms with E-state index in [9.17, 15) is 4.79 Å². The number of fused-ring (bicyclic) bond motifs is 1. The molecule has 3 rings (SSSR count). The Bertz CT molecular complexity index is 669. The lowest BCUT2D eigenvalue weighted by Gasteiger charge is -2.27. The zero-order valence-electron chi connectivity index (χ0n) is 13.3. The fourth-order valence-electron chi connectivity index (χ4n) is 2.47. The molecule has 1 aliphatic rings. The zero-order chi connectivity index (χ0) is 16.2. The summed E-state index contributed by atoms with van der Waals surface area (Å²) in [6, 6.07) is 3.69. The molecule has 2 amide bonds. The first-order valence-electron chi connectivity index (χ1n) is 7.68. The van der Waals surface area contributed by atoms with Crippen LogP contribution in [0.4, 0.5) is 4.79 Å². The van der Waals surface area contributed by atoms with Gasteiger partial charge in [0.25, 0.3) is 0 Å². The number of urea groups is 1. The highest BCUT2D eigenvalue weighted by Gasteiger charge is 2.27. The summed E-state index contributed by atoms with van der Waals surface area (Å²) in [5, 5.41) is 7.00. The van der Waals surface area contributed by atoms with Gasteiger partial charge in [-0.3, -0.25) is 4.98 Å². The quantitative estimate of drug-likeness (QED) is 0.934. The first-order chi connectivity index (χ1) is 11.1. The molecular weight excluding hydrogens is 296 g/mol. The molecule has 0 atom stereocenters. The molecule has 0 saturated carbocycles. The Morgan fingerprint density at radius 3 is 3.13 bits per heavy atom. The second kappa shape index (κ2) is 6.68. The van der Waals surface area contributed by atoms with Gasteiger partial charge in [-0.05, 0) is 26.0 Å². The van der Waals surface area contributed by atoms with E-state index >= 15 is 0 Å². The maximum absolute atomic E-state index is 12.2. The highest BCUT2D eigenvalue weighted by atomic mass is 16.5. The van der Waals surface area contributed by atoms with E-state index in [2.05, 4.69) is 15.5 Å². The van der Waals surface area contributed by atoms with Gasteiger partial charge in [0.15, 0.2) is 0 Å². The van der Waals surface area contributed by atoms with Crippen LogP contribution in [0.25, 0.3) is 0 Å². The average molecular weight is 316 g/mol. The van der Waals surface area contributed by atoms with Crippen LogP contribution in [0.3, 0.4) is 0 Å². The molecule has 122 valence electrons. The van der Waals surface area contributed by atoms with Crippen LogP contribution in [0.2, 0.25) is 0 Å². The second-order valence-corrected chi connectivity index (χ2v) is 5.78. The molecule has 0 unspecified atom stereocenters. The summed E-state index contributed by atoms with van der Waals surface area (Å²) in [5.41, 5.74) is 1.67.